The van der Waals surface area contributed by atoms with E-state index in [-0.39, 0.29) is 11.3 Å². The molecule has 1 aromatic heterocycles. The molecule has 0 aliphatic rings. The Balaban J connectivity index is 2.86. The third-order valence-electron chi connectivity index (χ3n) is 2.49. The number of pyridine rings is 1. The van der Waals surface area contributed by atoms with E-state index in [1.54, 1.807) is 18.2 Å². The lowest BCUT2D eigenvalue weighted by molar-refractivity contribution is 0.101. The van der Waals surface area contributed by atoms with Crippen LogP contribution in [0.3, 0.4) is 0 Å². The van der Waals surface area contributed by atoms with Gasteiger partial charge in [-0.1, -0.05) is 0 Å². The summed E-state index contributed by atoms with van der Waals surface area (Å²) in [7, 11) is 1.53. The Morgan fingerprint density at radius 3 is 2.69 bits per heavy atom. The zero-order valence-electron chi connectivity index (χ0n) is 9.03. The summed E-state index contributed by atoms with van der Waals surface area (Å²) in [4.78, 5) is 25.5. The van der Waals surface area contributed by atoms with Crippen molar-refractivity contribution in [3.63, 3.8) is 0 Å². The van der Waals surface area contributed by atoms with E-state index < -0.39 is 0 Å². The highest BCUT2D eigenvalue weighted by atomic mass is 16.5. The Hall–Kier alpha value is -2.10. The summed E-state index contributed by atoms with van der Waals surface area (Å²) in [6, 6.07) is 5.08. The molecule has 0 atom stereocenters. The second-order valence-electron chi connectivity index (χ2n) is 3.50. The normalized spacial score (nSPS) is 10.4. The van der Waals surface area contributed by atoms with E-state index in [9.17, 15) is 9.59 Å². The molecular formula is C12H11NO3. The van der Waals surface area contributed by atoms with E-state index in [4.69, 9.17) is 4.74 Å². The van der Waals surface area contributed by atoms with Gasteiger partial charge in [-0.3, -0.25) is 9.59 Å². The third-order valence-corrected chi connectivity index (χ3v) is 2.49. The molecule has 0 saturated carbocycles. The van der Waals surface area contributed by atoms with Gasteiger partial charge < -0.3 is 9.72 Å². The molecular weight excluding hydrogens is 206 g/mol. The zero-order valence-corrected chi connectivity index (χ0v) is 9.03. The Kier molecular flexibility index (Phi) is 2.48. The van der Waals surface area contributed by atoms with Gasteiger partial charge in [0.2, 0.25) is 0 Å². The highest BCUT2D eigenvalue weighted by molar-refractivity contribution is 6.06. The number of benzene rings is 1. The number of nitrogens with one attached hydrogen (secondary N) is 1. The van der Waals surface area contributed by atoms with Gasteiger partial charge in [-0.15, -0.1) is 0 Å². The number of hydrogen-bond donors (Lipinski definition) is 1. The molecule has 0 bridgehead atoms. The summed E-state index contributed by atoms with van der Waals surface area (Å²) in [5.41, 5.74) is 0.288. The maximum atomic E-state index is 11.6. The molecule has 16 heavy (non-hydrogen) atoms. The molecule has 0 aliphatic carbocycles. The first-order chi connectivity index (χ1) is 7.63. The van der Waals surface area contributed by atoms with E-state index in [2.05, 4.69) is 4.98 Å². The van der Waals surface area contributed by atoms with Gasteiger partial charge in [0.1, 0.15) is 5.75 Å². The lowest BCUT2D eigenvalue weighted by atomic mass is 10.1. The molecule has 1 heterocycles. The lowest BCUT2D eigenvalue weighted by Crippen LogP contribution is -2.09. The summed E-state index contributed by atoms with van der Waals surface area (Å²) in [6.07, 6.45) is 1.44. The number of ketones is 1. The monoisotopic (exact) mass is 217 g/mol. The SMILES string of the molecule is COc1ccc2c(C(C)=O)c[nH]c(=O)c2c1. The molecule has 0 unspecified atom stereocenters. The topological polar surface area (TPSA) is 59.2 Å². The van der Waals surface area contributed by atoms with Crippen LogP contribution in [0.5, 0.6) is 5.75 Å². The second-order valence-corrected chi connectivity index (χ2v) is 3.50. The standard InChI is InChI=1S/C12H11NO3/c1-7(14)11-6-13-12(15)10-5-8(16-2)3-4-9(10)11/h3-6H,1-2H3,(H,13,15). The molecule has 1 N–H and O–H groups in total. The van der Waals surface area contributed by atoms with Gasteiger partial charge in [0.25, 0.3) is 5.56 Å². The quantitative estimate of drug-likeness (QED) is 0.779. The highest BCUT2D eigenvalue weighted by Gasteiger charge is 2.08. The largest absolute Gasteiger partial charge is 0.497 e. The van der Waals surface area contributed by atoms with Crippen LogP contribution >= 0.6 is 0 Å². The number of rotatable bonds is 2. The Labute approximate surface area is 91.9 Å². The van der Waals surface area contributed by atoms with Crippen molar-refractivity contribution in [1.82, 2.24) is 4.98 Å². The number of carbonyl (C=O) groups excluding carboxylic acids is 1. The number of fused-ring (bicyclic) bond motifs is 1. The fourth-order valence-corrected chi connectivity index (χ4v) is 1.66. The number of ether oxygens (including phenoxy) is 1. The number of methoxy groups -OCH3 is 1. The predicted molar refractivity (Wildman–Crippen MR) is 61.1 cm³/mol. The average Bonchev–Trinajstić information content (AvgIpc) is 2.29. The maximum Gasteiger partial charge on any atom is 0.255 e. The fourth-order valence-electron chi connectivity index (χ4n) is 1.66. The van der Waals surface area contributed by atoms with Crippen molar-refractivity contribution < 1.29 is 9.53 Å². The van der Waals surface area contributed by atoms with Crippen LogP contribution in [0.15, 0.2) is 29.2 Å². The van der Waals surface area contributed by atoms with Crippen molar-refractivity contribution in [3.8, 4) is 5.75 Å². The molecule has 0 aliphatic heterocycles. The van der Waals surface area contributed by atoms with Crippen molar-refractivity contribution in [2.45, 2.75) is 6.92 Å². The number of H-pyrrole nitrogens is 1. The Morgan fingerprint density at radius 2 is 2.06 bits per heavy atom. The van der Waals surface area contributed by atoms with E-state index in [1.165, 1.54) is 20.2 Å². The molecule has 0 fully saturated rings. The molecule has 0 radical (unpaired) electrons. The van der Waals surface area contributed by atoms with Crippen molar-refractivity contribution in [3.05, 3.63) is 40.3 Å². The van der Waals surface area contributed by atoms with Crippen LogP contribution in [0.1, 0.15) is 17.3 Å². The van der Waals surface area contributed by atoms with Crippen LogP contribution in [0, 0.1) is 0 Å². The summed E-state index contributed by atoms with van der Waals surface area (Å²) < 4.78 is 5.04. The van der Waals surface area contributed by atoms with Gasteiger partial charge in [0.15, 0.2) is 5.78 Å². The van der Waals surface area contributed by atoms with E-state index >= 15 is 0 Å². The zero-order chi connectivity index (χ0) is 11.7. The van der Waals surface area contributed by atoms with Gasteiger partial charge >= 0.3 is 0 Å². The van der Waals surface area contributed by atoms with E-state index in [0.29, 0.717) is 22.1 Å². The smallest absolute Gasteiger partial charge is 0.255 e. The maximum absolute atomic E-state index is 11.6. The first-order valence-corrected chi connectivity index (χ1v) is 4.84. The molecule has 0 saturated heterocycles. The minimum Gasteiger partial charge on any atom is -0.497 e. The average molecular weight is 217 g/mol. The summed E-state index contributed by atoms with van der Waals surface area (Å²) >= 11 is 0. The van der Waals surface area contributed by atoms with Crippen molar-refractivity contribution >= 4 is 16.6 Å². The van der Waals surface area contributed by atoms with E-state index in [1.807, 2.05) is 0 Å². The summed E-state index contributed by atoms with van der Waals surface area (Å²) in [6.45, 7) is 1.47. The Bertz CT molecular complexity index is 613. The molecule has 82 valence electrons. The minimum absolute atomic E-state index is 0.0774. The van der Waals surface area contributed by atoms with Crippen LogP contribution in [0.4, 0.5) is 0 Å². The molecule has 0 spiro atoms. The van der Waals surface area contributed by atoms with Crippen LogP contribution in [-0.4, -0.2) is 17.9 Å². The number of aromatic nitrogens is 1. The predicted octanol–water partition coefficient (Wildman–Crippen LogP) is 1.74. The highest BCUT2D eigenvalue weighted by Crippen LogP contribution is 2.20. The van der Waals surface area contributed by atoms with Gasteiger partial charge in [-0.2, -0.15) is 0 Å². The van der Waals surface area contributed by atoms with Gasteiger partial charge in [0.05, 0.1) is 12.5 Å². The Morgan fingerprint density at radius 1 is 1.31 bits per heavy atom. The molecule has 0 amide bonds. The number of aromatic amines is 1. The van der Waals surface area contributed by atoms with Crippen molar-refractivity contribution in [1.29, 1.82) is 0 Å². The lowest BCUT2D eigenvalue weighted by Gasteiger charge is -2.04. The minimum atomic E-state index is -0.223. The first kappa shape index (κ1) is 10.4. The molecule has 1 aromatic carbocycles. The van der Waals surface area contributed by atoms with Crippen molar-refractivity contribution in [2.75, 3.05) is 7.11 Å². The fraction of sp³-hybridized carbons (Fsp3) is 0.167. The van der Waals surface area contributed by atoms with Gasteiger partial charge in [-0.05, 0) is 30.5 Å². The van der Waals surface area contributed by atoms with E-state index in [0.717, 1.165) is 0 Å². The van der Waals surface area contributed by atoms with Crippen LogP contribution in [0.2, 0.25) is 0 Å². The third kappa shape index (κ3) is 1.58. The van der Waals surface area contributed by atoms with Crippen LogP contribution < -0.4 is 10.3 Å². The van der Waals surface area contributed by atoms with Crippen LogP contribution in [-0.2, 0) is 0 Å². The number of carbonyl (C=O) groups is 1. The number of hydrogen-bond acceptors (Lipinski definition) is 3. The molecule has 4 heteroatoms. The summed E-state index contributed by atoms with van der Waals surface area (Å²) in [5, 5.41) is 1.11. The molecule has 4 nitrogen and oxygen atoms in total. The van der Waals surface area contributed by atoms with Crippen molar-refractivity contribution in [2.24, 2.45) is 0 Å². The first-order valence-electron chi connectivity index (χ1n) is 4.84. The second kappa shape index (κ2) is 3.81. The molecule has 2 rings (SSSR count). The summed E-state index contributed by atoms with van der Waals surface area (Å²) in [5.74, 6) is 0.519. The number of Topliss-reactive ketones (excluding diaryl/α,β-unsaturated/α-hetero) is 1. The van der Waals surface area contributed by atoms with Crippen LogP contribution in [0.25, 0.3) is 10.8 Å². The molecule has 2 aromatic rings. The van der Waals surface area contributed by atoms with Gasteiger partial charge in [-0.25, -0.2) is 0 Å². The van der Waals surface area contributed by atoms with Gasteiger partial charge in [0, 0.05) is 11.8 Å².